The first-order chi connectivity index (χ1) is 12.4. The van der Waals surface area contributed by atoms with E-state index >= 15 is 0 Å². The largest absolute Gasteiger partial charge is 0.488 e. The molecule has 134 valence electrons. The third-order valence-electron chi connectivity index (χ3n) is 4.07. The highest BCUT2D eigenvalue weighted by molar-refractivity contribution is 6.03. The Balaban J connectivity index is 1.78. The van der Waals surface area contributed by atoms with Gasteiger partial charge in [0.2, 0.25) is 0 Å². The first-order valence-electron chi connectivity index (χ1n) is 8.33. The number of carbonyl (C=O) groups excluding carboxylic acids is 1. The normalized spacial score (nSPS) is 10.6. The van der Waals surface area contributed by atoms with Crippen LogP contribution in [-0.2, 0) is 6.61 Å². The zero-order valence-corrected chi connectivity index (χ0v) is 15.3. The second-order valence-electron chi connectivity index (χ2n) is 6.30. The summed E-state index contributed by atoms with van der Waals surface area (Å²) in [5, 5.41) is 6.64. The highest BCUT2D eigenvalue weighted by atomic mass is 16.5. The molecule has 0 unspecified atom stereocenters. The van der Waals surface area contributed by atoms with Crippen LogP contribution in [0, 0.1) is 27.7 Å². The van der Waals surface area contributed by atoms with Gasteiger partial charge < -0.3 is 14.6 Å². The molecule has 0 spiro atoms. The van der Waals surface area contributed by atoms with Crippen molar-refractivity contribution >= 4 is 11.7 Å². The molecule has 3 rings (SSSR count). The molecule has 1 amide bonds. The van der Waals surface area contributed by atoms with Crippen molar-refractivity contribution in [3.63, 3.8) is 0 Å². The van der Waals surface area contributed by atoms with Crippen LogP contribution in [0.4, 0.5) is 5.82 Å². The van der Waals surface area contributed by atoms with Crippen molar-refractivity contribution in [2.75, 3.05) is 5.32 Å². The van der Waals surface area contributed by atoms with Crippen LogP contribution in [-0.4, -0.2) is 16.0 Å². The minimum Gasteiger partial charge on any atom is -0.488 e. The second kappa shape index (κ2) is 7.39. The Morgan fingerprint density at radius 2 is 1.88 bits per heavy atom. The average molecular weight is 351 g/mol. The highest BCUT2D eigenvalue weighted by Crippen LogP contribution is 2.23. The number of hydrogen-bond acceptors (Lipinski definition) is 5. The second-order valence-corrected chi connectivity index (χ2v) is 6.30. The zero-order valence-electron chi connectivity index (χ0n) is 15.3. The van der Waals surface area contributed by atoms with Gasteiger partial charge in [-0.25, -0.2) is 4.98 Å². The molecular weight excluding hydrogens is 330 g/mol. The van der Waals surface area contributed by atoms with Gasteiger partial charge in [-0.2, -0.15) is 0 Å². The predicted molar refractivity (Wildman–Crippen MR) is 98.4 cm³/mol. The Morgan fingerprint density at radius 3 is 2.65 bits per heavy atom. The monoisotopic (exact) mass is 351 g/mol. The van der Waals surface area contributed by atoms with Crippen molar-refractivity contribution in [1.29, 1.82) is 0 Å². The fourth-order valence-electron chi connectivity index (χ4n) is 2.53. The van der Waals surface area contributed by atoms with E-state index in [9.17, 15) is 4.79 Å². The molecular formula is C20H21N3O3. The van der Waals surface area contributed by atoms with Crippen LogP contribution < -0.4 is 10.1 Å². The number of rotatable bonds is 5. The van der Waals surface area contributed by atoms with Crippen LogP contribution >= 0.6 is 0 Å². The highest BCUT2D eigenvalue weighted by Gasteiger charge is 2.21. The Labute approximate surface area is 152 Å². The molecule has 0 aliphatic carbocycles. The molecule has 1 aromatic carbocycles. The molecule has 2 aromatic heterocycles. The van der Waals surface area contributed by atoms with Crippen molar-refractivity contribution in [2.24, 2.45) is 0 Å². The van der Waals surface area contributed by atoms with Crippen molar-refractivity contribution in [2.45, 2.75) is 34.3 Å². The fraction of sp³-hybridized carbons (Fsp3) is 0.250. The van der Waals surface area contributed by atoms with Gasteiger partial charge in [-0.3, -0.25) is 4.79 Å². The Kier molecular flexibility index (Phi) is 5.02. The van der Waals surface area contributed by atoms with Gasteiger partial charge in [-0.05, 0) is 62.6 Å². The molecule has 6 nitrogen and oxygen atoms in total. The van der Waals surface area contributed by atoms with Crippen LogP contribution in [0.25, 0.3) is 0 Å². The molecule has 26 heavy (non-hydrogen) atoms. The van der Waals surface area contributed by atoms with Crippen LogP contribution in [0.15, 0.2) is 41.1 Å². The van der Waals surface area contributed by atoms with E-state index in [-0.39, 0.29) is 18.2 Å². The van der Waals surface area contributed by atoms with E-state index in [2.05, 4.69) is 15.5 Å². The summed E-state index contributed by atoms with van der Waals surface area (Å²) in [6.45, 7) is 7.87. The lowest BCUT2D eigenvalue weighted by molar-refractivity contribution is 0.101. The third-order valence-corrected chi connectivity index (χ3v) is 4.07. The zero-order chi connectivity index (χ0) is 18.7. The SMILES string of the molecule is Cc1ccnc(NC(=O)c2noc(C)c2COc2cc(C)ccc2C)c1. The van der Waals surface area contributed by atoms with Gasteiger partial charge in [-0.1, -0.05) is 17.3 Å². The molecule has 3 aromatic rings. The summed E-state index contributed by atoms with van der Waals surface area (Å²) in [6.07, 6.45) is 1.64. The van der Waals surface area contributed by atoms with E-state index in [0.29, 0.717) is 17.1 Å². The molecule has 0 fully saturated rings. The number of ether oxygens (including phenoxy) is 1. The molecule has 1 N–H and O–H groups in total. The van der Waals surface area contributed by atoms with Gasteiger partial charge >= 0.3 is 0 Å². The molecule has 0 saturated carbocycles. The summed E-state index contributed by atoms with van der Waals surface area (Å²) in [4.78, 5) is 16.7. The number of amides is 1. The number of nitrogens with zero attached hydrogens (tertiary/aromatic N) is 2. The van der Waals surface area contributed by atoms with Gasteiger partial charge in [0.1, 0.15) is 23.9 Å². The summed E-state index contributed by atoms with van der Waals surface area (Å²) in [7, 11) is 0. The first kappa shape index (κ1) is 17.7. The predicted octanol–water partition coefficient (Wildman–Crippen LogP) is 4.13. The smallest absolute Gasteiger partial charge is 0.279 e. The summed E-state index contributed by atoms with van der Waals surface area (Å²) >= 11 is 0. The summed E-state index contributed by atoms with van der Waals surface area (Å²) in [5.41, 5.74) is 3.97. The van der Waals surface area contributed by atoms with Gasteiger partial charge in [0.15, 0.2) is 5.69 Å². The standard InChI is InChI=1S/C20H21N3O3/c1-12-5-6-14(3)17(9-12)25-11-16-15(4)26-23-19(16)20(24)22-18-10-13(2)7-8-21-18/h5-10H,11H2,1-4H3,(H,21,22,24). The van der Waals surface area contributed by atoms with E-state index in [1.807, 2.05) is 45.0 Å². The van der Waals surface area contributed by atoms with Crippen LogP contribution in [0.3, 0.4) is 0 Å². The van der Waals surface area contributed by atoms with E-state index in [1.54, 1.807) is 19.2 Å². The Hall–Kier alpha value is -3.15. The molecule has 0 radical (unpaired) electrons. The van der Waals surface area contributed by atoms with Crippen molar-refractivity contribution in [3.8, 4) is 5.75 Å². The number of anilines is 1. The van der Waals surface area contributed by atoms with Gasteiger partial charge in [0.25, 0.3) is 5.91 Å². The van der Waals surface area contributed by atoms with Gasteiger partial charge in [-0.15, -0.1) is 0 Å². The van der Waals surface area contributed by atoms with E-state index in [0.717, 1.165) is 22.4 Å². The van der Waals surface area contributed by atoms with Crippen LogP contribution in [0.5, 0.6) is 5.75 Å². The topological polar surface area (TPSA) is 77.3 Å². The van der Waals surface area contributed by atoms with E-state index in [4.69, 9.17) is 9.26 Å². The maximum absolute atomic E-state index is 12.6. The van der Waals surface area contributed by atoms with Gasteiger partial charge in [0.05, 0.1) is 5.56 Å². The quantitative estimate of drug-likeness (QED) is 0.748. The van der Waals surface area contributed by atoms with Crippen LogP contribution in [0.1, 0.15) is 38.5 Å². The van der Waals surface area contributed by atoms with Crippen LogP contribution in [0.2, 0.25) is 0 Å². The molecule has 0 atom stereocenters. The molecule has 0 bridgehead atoms. The molecule has 0 aliphatic heterocycles. The maximum Gasteiger partial charge on any atom is 0.279 e. The number of aryl methyl sites for hydroxylation is 4. The molecule has 2 heterocycles. The molecule has 0 aliphatic rings. The van der Waals surface area contributed by atoms with E-state index < -0.39 is 0 Å². The van der Waals surface area contributed by atoms with Crippen molar-refractivity contribution in [3.05, 3.63) is 70.2 Å². The number of aromatic nitrogens is 2. The number of nitrogens with one attached hydrogen (secondary N) is 1. The molecule has 6 heteroatoms. The summed E-state index contributed by atoms with van der Waals surface area (Å²) < 4.78 is 11.1. The lowest BCUT2D eigenvalue weighted by Gasteiger charge is -2.10. The number of hydrogen-bond donors (Lipinski definition) is 1. The summed E-state index contributed by atoms with van der Waals surface area (Å²) in [6, 6.07) is 9.65. The lowest BCUT2D eigenvalue weighted by Crippen LogP contribution is -2.16. The van der Waals surface area contributed by atoms with E-state index in [1.165, 1.54) is 0 Å². The number of pyridine rings is 1. The fourth-order valence-corrected chi connectivity index (χ4v) is 2.53. The van der Waals surface area contributed by atoms with Crippen molar-refractivity contribution in [1.82, 2.24) is 10.1 Å². The van der Waals surface area contributed by atoms with Crippen molar-refractivity contribution < 1.29 is 14.1 Å². The Bertz CT molecular complexity index is 947. The first-order valence-corrected chi connectivity index (χ1v) is 8.33. The number of carbonyl (C=O) groups is 1. The minimum absolute atomic E-state index is 0.198. The maximum atomic E-state index is 12.6. The minimum atomic E-state index is -0.375. The third kappa shape index (κ3) is 3.91. The Morgan fingerprint density at radius 1 is 1.12 bits per heavy atom. The lowest BCUT2D eigenvalue weighted by atomic mass is 10.1. The summed E-state index contributed by atoms with van der Waals surface area (Å²) in [5.74, 6) is 1.42. The molecule has 0 saturated heterocycles. The number of benzene rings is 1. The van der Waals surface area contributed by atoms with Gasteiger partial charge in [0, 0.05) is 6.20 Å². The average Bonchev–Trinajstić information content (AvgIpc) is 2.96.